The van der Waals surface area contributed by atoms with Gasteiger partial charge in [-0.15, -0.1) is 0 Å². The van der Waals surface area contributed by atoms with Gasteiger partial charge in [-0.1, -0.05) is 12.1 Å². The second kappa shape index (κ2) is 7.40. The Balaban J connectivity index is 1.52. The number of aromatic nitrogens is 3. The van der Waals surface area contributed by atoms with Crippen LogP contribution in [0, 0.1) is 0 Å². The number of amides is 1. The normalized spacial score (nSPS) is 21.3. The van der Waals surface area contributed by atoms with E-state index in [4.69, 9.17) is 0 Å². The Hall–Kier alpha value is -2.25. The molecule has 2 aromatic rings. The van der Waals surface area contributed by atoms with Gasteiger partial charge in [-0.2, -0.15) is 5.10 Å². The molecule has 0 radical (unpaired) electrons. The summed E-state index contributed by atoms with van der Waals surface area (Å²) in [6.45, 7) is 4.89. The molecule has 0 saturated carbocycles. The summed E-state index contributed by atoms with van der Waals surface area (Å²) in [6, 6.07) is 7.66. The molecule has 1 aromatic heterocycles. The van der Waals surface area contributed by atoms with Gasteiger partial charge in [0.15, 0.2) is 5.82 Å². The minimum atomic E-state index is 0.110. The smallest absolute Gasteiger partial charge is 0.253 e. The molecule has 0 atom stereocenters. The number of likely N-dealkylation sites (tertiary alicyclic amines) is 1. The van der Waals surface area contributed by atoms with Crippen molar-refractivity contribution in [3.63, 3.8) is 0 Å². The minimum absolute atomic E-state index is 0.110. The lowest BCUT2D eigenvalue weighted by atomic mass is 9.85. The Bertz CT molecular complexity index is 764. The lowest BCUT2D eigenvalue weighted by Gasteiger charge is -2.47. The van der Waals surface area contributed by atoms with Crippen LogP contribution in [0.1, 0.15) is 29.6 Å². The molecule has 0 aliphatic carbocycles. The fraction of sp³-hybridized carbons (Fsp3) is 0.550. The number of H-pyrrole nitrogens is 1. The molecule has 2 fully saturated rings. The standard InChI is InChI=1S/C20H28N6O/c1-24-12-8-20(9-13-24)14-26(11-3-10-25(20)2)19(27)17-6-4-16(5-7-17)18-21-15-22-23-18/h4-7,15H,3,8-14H2,1-2H3,(H,21,22,23). The predicted molar refractivity (Wildman–Crippen MR) is 104 cm³/mol. The van der Waals surface area contributed by atoms with Crippen LogP contribution < -0.4 is 0 Å². The quantitative estimate of drug-likeness (QED) is 0.874. The molecule has 7 heteroatoms. The zero-order valence-electron chi connectivity index (χ0n) is 16.2. The summed E-state index contributed by atoms with van der Waals surface area (Å²) in [5.41, 5.74) is 1.79. The molecule has 1 amide bonds. The fourth-order valence-corrected chi connectivity index (χ4v) is 4.34. The summed E-state index contributed by atoms with van der Waals surface area (Å²) in [5.74, 6) is 0.850. The van der Waals surface area contributed by atoms with Crippen molar-refractivity contribution in [2.75, 3.05) is 46.8 Å². The van der Waals surface area contributed by atoms with Crippen LogP contribution in [0.3, 0.4) is 0 Å². The third-order valence-electron chi connectivity index (χ3n) is 6.24. The van der Waals surface area contributed by atoms with E-state index in [-0.39, 0.29) is 11.4 Å². The van der Waals surface area contributed by atoms with Crippen LogP contribution in [0.2, 0.25) is 0 Å². The van der Waals surface area contributed by atoms with E-state index < -0.39 is 0 Å². The lowest BCUT2D eigenvalue weighted by Crippen LogP contribution is -2.58. The van der Waals surface area contributed by atoms with Gasteiger partial charge in [0.05, 0.1) is 0 Å². The van der Waals surface area contributed by atoms with Gasteiger partial charge < -0.3 is 9.80 Å². The van der Waals surface area contributed by atoms with Crippen molar-refractivity contribution >= 4 is 5.91 Å². The van der Waals surface area contributed by atoms with E-state index in [0.717, 1.165) is 68.9 Å². The Morgan fingerprint density at radius 2 is 1.81 bits per heavy atom. The number of nitrogens with one attached hydrogen (secondary N) is 1. The topological polar surface area (TPSA) is 68.4 Å². The van der Waals surface area contributed by atoms with Crippen LogP contribution in [0.25, 0.3) is 11.4 Å². The van der Waals surface area contributed by atoms with Crippen molar-refractivity contribution in [2.24, 2.45) is 0 Å². The third kappa shape index (κ3) is 3.61. The maximum Gasteiger partial charge on any atom is 0.253 e. The number of benzene rings is 1. The molecule has 27 heavy (non-hydrogen) atoms. The van der Waals surface area contributed by atoms with Crippen LogP contribution in [-0.4, -0.2) is 88.1 Å². The third-order valence-corrected chi connectivity index (χ3v) is 6.24. The van der Waals surface area contributed by atoms with Gasteiger partial charge in [0.2, 0.25) is 0 Å². The molecule has 0 bridgehead atoms. The number of rotatable bonds is 2. The summed E-state index contributed by atoms with van der Waals surface area (Å²) < 4.78 is 0. The van der Waals surface area contributed by atoms with Gasteiger partial charge in [0, 0.05) is 36.3 Å². The SMILES string of the molecule is CN1CCC2(CC1)CN(C(=O)c1ccc(-c3ncn[nH]3)cc1)CCCN2C. The summed E-state index contributed by atoms with van der Waals surface area (Å²) in [4.78, 5) is 24.3. The zero-order chi connectivity index (χ0) is 18.9. The van der Waals surface area contributed by atoms with Crippen LogP contribution in [0.15, 0.2) is 30.6 Å². The van der Waals surface area contributed by atoms with Crippen molar-refractivity contribution in [3.8, 4) is 11.4 Å². The predicted octanol–water partition coefficient (Wildman–Crippen LogP) is 1.71. The second-order valence-corrected chi connectivity index (χ2v) is 7.94. The van der Waals surface area contributed by atoms with E-state index in [1.165, 1.54) is 6.33 Å². The number of nitrogens with zero attached hydrogens (tertiary/aromatic N) is 5. The van der Waals surface area contributed by atoms with Crippen LogP contribution >= 0.6 is 0 Å². The van der Waals surface area contributed by atoms with Gasteiger partial charge in [-0.05, 0) is 58.6 Å². The largest absolute Gasteiger partial charge is 0.337 e. The monoisotopic (exact) mass is 368 g/mol. The van der Waals surface area contributed by atoms with E-state index >= 15 is 0 Å². The number of hydrogen-bond donors (Lipinski definition) is 1. The average molecular weight is 368 g/mol. The van der Waals surface area contributed by atoms with Gasteiger partial charge >= 0.3 is 0 Å². The molecule has 7 nitrogen and oxygen atoms in total. The zero-order valence-corrected chi connectivity index (χ0v) is 16.2. The lowest BCUT2D eigenvalue weighted by molar-refractivity contribution is 0.0317. The maximum absolute atomic E-state index is 13.2. The van der Waals surface area contributed by atoms with E-state index in [9.17, 15) is 4.79 Å². The first-order chi connectivity index (χ1) is 13.1. The van der Waals surface area contributed by atoms with Crippen LogP contribution in [-0.2, 0) is 0 Å². The van der Waals surface area contributed by atoms with Crippen LogP contribution in [0.4, 0.5) is 0 Å². The van der Waals surface area contributed by atoms with Crippen molar-refractivity contribution < 1.29 is 4.79 Å². The summed E-state index contributed by atoms with van der Waals surface area (Å²) >= 11 is 0. The number of aromatic amines is 1. The van der Waals surface area contributed by atoms with Crippen molar-refractivity contribution in [3.05, 3.63) is 36.2 Å². The number of carbonyl (C=O) groups excluding carboxylic acids is 1. The number of likely N-dealkylation sites (N-methyl/N-ethyl adjacent to an activating group) is 1. The maximum atomic E-state index is 13.2. The van der Waals surface area contributed by atoms with E-state index in [2.05, 4.69) is 44.0 Å². The Labute approximate surface area is 160 Å². The highest BCUT2D eigenvalue weighted by Crippen LogP contribution is 2.31. The summed E-state index contributed by atoms with van der Waals surface area (Å²) in [7, 11) is 4.41. The van der Waals surface area contributed by atoms with Crippen LogP contribution in [0.5, 0.6) is 0 Å². The van der Waals surface area contributed by atoms with Gasteiger partial charge in [0.1, 0.15) is 6.33 Å². The Morgan fingerprint density at radius 1 is 1.07 bits per heavy atom. The molecule has 2 aliphatic rings. The highest BCUT2D eigenvalue weighted by Gasteiger charge is 2.41. The van der Waals surface area contributed by atoms with E-state index in [0.29, 0.717) is 0 Å². The number of hydrogen-bond acceptors (Lipinski definition) is 5. The highest BCUT2D eigenvalue weighted by atomic mass is 16.2. The number of piperidine rings is 1. The molecule has 4 rings (SSSR count). The molecule has 2 aliphatic heterocycles. The second-order valence-electron chi connectivity index (χ2n) is 7.94. The fourth-order valence-electron chi connectivity index (χ4n) is 4.34. The molecule has 0 unspecified atom stereocenters. The first-order valence-corrected chi connectivity index (χ1v) is 9.72. The summed E-state index contributed by atoms with van der Waals surface area (Å²) in [6.07, 6.45) is 4.75. The van der Waals surface area contributed by atoms with E-state index in [1.807, 2.05) is 24.3 Å². The van der Waals surface area contributed by atoms with Gasteiger partial charge in [-0.25, -0.2) is 4.98 Å². The van der Waals surface area contributed by atoms with Crippen molar-refractivity contribution in [2.45, 2.75) is 24.8 Å². The van der Waals surface area contributed by atoms with Gasteiger partial charge in [-0.3, -0.25) is 14.8 Å². The first-order valence-electron chi connectivity index (χ1n) is 9.72. The molecule has 1 N–H and O–H groups in total. The number of carbonyl (C=O) groups is 1. The molecule has 144 valence electrons. The molecule has 1 aromatic carbocycles. The van der Waals surface area contributed by atoms with Crippen molar-refractivity contribution in [1.29, 1.82) is 0 Å². The van der Waals surface area contributed by atoms with E-state index in [1.54, 1.807) is 0 Å². The minimum Gasteiger partial charge on any atom is -0.337 e. The average Bonchev–Trinajstić information content (AvgIpc) is 3.18. The molecule has 1 spiro atoms. The molecule has 2 saturated heterocycles. The Morgan fingerprint density at radius 3 is 2.48 bits per heavy atom. The highest BCUT2D eigenvalue weighted by molar-refractivity contribution is 5.94. The molecular formula is C20H28N6O. The van der Waals surface area contributed by atoms with Crippen molar-refractivity contribution in [1.82, 2.24) is 29.9 Å². The molecule has 3 heterocycles. The Kier molecular flexibility index (Phi) is 4.97. The first kappa shape index (κ1) is 18.1. The summed E-state index contributed by atoms with van der Waals surface area (Å²) in [5, 5.41) is 6.74. The van der Waals surface area contributed by atoms with Gasteiger partial charge in [0.25, 0.3) is 5.91 Å². The molecular weight excluding hydrogens is 340 g/mol.